The molecule has 0 bridgehead atoms. The number of hydrogen-bond donors (Lipinski definition) is 2. The summed E-state index contributed by atoms with van der Waals surface area (Å²) in [7, 11) is 0. The van der Waals surface area contributed by atoms with E-state index in [1.54, 1.807) is 47.9 Å². The molecule has 2 N–H and O–H groups in total. The molecule has 2 aromatic carbocycles. The quantitative estimate of drug-likeness (QED) is 0.504. The fourth-order valence-corrected chi connectivity index (χ4v) is 5.06. The van der Waals surface area contributed by atoms with E-state index in [9.17, 15) is 19.8 Å². The Bertz CT molecular complexity index is 1280. The molecule has 4 heterocycles. The van der Waals surface area contributed by atoms with Crippen molar-refractivity contribution in [3.05, 3.63) is 59.4 Å². The fourth-order valence-electron chi connectivity index (χ4n) is 5.06. The third-order valence-corrected chi connectivity index (χ3v) is 6.69. The van der Waals surface area contributed by atoms with Crippen molar-refractivity contribution in [2.45, 2.75) is 50.5 Å². The SMILES string of the molecule is CC(O)Cn1c(CN2C(=O)c3ccccc3C2=O)nc2ccc(OC3COC4C(O)COC34)cc21. The van der Waals surface area contributed by atoms with Crippen LogP contribution in [-0.2, 0) is 22.6 Å². The summed E-state index contributed by atoms with van der Waals surface area (Å²) in [6, 6.07) is 12.1. The van der Waals surface area contributed by atoms with Crippen molar-refractivity contribution in [3.8, 4) is 5.75 Å². The molecule has 5 atom stereocenters. The highest BCUT2D eigenvalue weighted by atomic mass is 16.6. The Morgan fingerprint density at radius 2 is 1.80 bits per heavy atom. The van der Waals surface area contributed by atoms with Crippen LogP contribution in [-0.4, -0.2) is 80.2 Å². The summed E-state index contributed by atoms with van der Waals surface area (Å²) in [4.78, 5) is 31.6. The number of amides is 2. The highest BCUT2D eigenvalue weighted by molar-refractivity contribution is 6.21. The smallest absolute Gasteiger partial charge is 0.261 e. The third kappa shape index (κ3) is 3.69. The molecule has 0 aliphatic carbocycles. The summed E-state index contributed by atoms with van der Waals surface area (Å²) in [5.74, 6) is 0.328. The molecule has 2 saturated heterocycles. The number of imide groups is 1. The fraction of sp³-hybridized carbons (Fsp3) is 0.400. The van der Waals surface area contributed by atoms with Crippen molar-refractivity contribution in [2.75, 3.05) is 13.2 Å². The van der Waals surface area contributed by atoms with Gasteiger partial charge in [-0.05, 0) is 31.2 Å². The second-order valence-corrected chi connectivity index (χ2v) is 9.20. The molecule has 0 spiro atoms. The Kier molecular flexibility index (Phi) is 5.33. The van der Waals surface area contributed by atoms with E-state index in [-0.39, 0.29) is 43.7 Å². The van der Waals surface area contributed by atoms with E-state index in [1.807, 2.05) is 6.07 Å². The lowest BCUT2D eigenvalue weighted by molar-refractivity contribution is 0.00864. The van der Waals surface area contributed by atoms with Crippen molar-refractivity contribution < 1.29 is 34.0 Å². The number of nitrogens with zero attached hydrogens (tertiary/aromatic N) is 3. The van der Waals surface area contributed by atoms with Gasteiger partial charge in [-0.3, -0.25) is 14.5 Å². The zero-order valence-electron chi connectivity index (χ0n) is 19.0. The van der Waals surface area contributed by atoms with Crippen LogP contribution < -0.4 is 4.74 Å². The minimum Gasteiger partial charge on any atom is -0.485 e. The van der Waals surface area contributed by atoms with Gasteiger partial charge in [0.1, 0.15) is 29.9 Å². The van der Waals surface area contributed by atoms with Gasteiger partial charge in [-0.25, -0.2) is 4.98 Å². The first-order chi connectivity index (χ1) is 16.9. The van der Waals surface area contributed by atoms with E-state index in [4.69, 9.17) is 14.2 Å². The predicted molar refractivity (Wildman–Crippen MR) is 122 cm³/mol. The highest BCUT2D eigenvalue weighted by Crippen LogP contribution is 2.32. The molecule has 1 aromatic heterocycles. The lowest BCUT2D eigenvalue weighted by Crippen LogP contribution is -2.34. The standard InChI is InChI=1S/C25H25N3O7/c1-13(29)9-27-18-8-14(35-20-12-34-22-19(30)11-33-23(20)22)6-7-17(18)26-21(27)10-28-24(31)15-4-2-3-5-16(15)25(28)32/h2-8,13,19-20,22-23,29-30H,9-12H2,1H3. The van der Waals surface area contributed by atoms with Crippen LogP contribution in [0.2, 0.25) is 0 Å². The van der Waals surface area contributed by atoms with E-state index in [2.05, 4.69) is 4.98 Å². The predicted octanol–water partition coefficient (Wildman–Crippen LogP) is 1.12. The van der Waals surface area contributed by atoms with Crippen LogP contribution in [0.15, 0.2) is 42.5 Å². The van der Waals surface area contributed by atoms with Crippen LogP contribution in [0, 0.1) is 0 Å². The van der Waals surface area contributed by atoms with E-state index in [0.29, 0.717) is 40.3 Å². The number of aliphatic hydroxyl groups excluding tert-OH is 2. The van der Waals surface area contributed by atoms with Gasteiger partial charge in [0, 0.05) is 6.07 Å². The summed E-state index contributed by atoms with van der Waals surface area (Å²) < 4.78 is 19.2. The van der Waals surface area contributed by atoms with Crippen LogP contribution in [0.4, 0.5) is 0 Å². The van der Waals surface area contributed by atoms with Crippen LogP contribution >= 0.6 is 0 Å². The van der Waals surface area contributed by atoms with E-state index in [1.165, 1.54) is 4.90 Å². The molecular formula is C25H25N3O7. The van der Waals surface area contributed by atoms with Gasteiger partial charge in [0.25, 0.3) is 11.8 Å². The lowest BCUT2D eigenvalue weighted by Gasteiger charge is -2.18. The monoisotopic (exact) mass is 479 g/mol. The molecule has 3 aliphatic heterocycles. The Hall–Kier alpha value is -3.31. The molecular weight excluding hydrogens is 454 g/mol. The molecule has 3 aliphatic rings. The highest BCUT2D eigenvalue weighted by Gasteiger charge is 2.48. The van der Waals surface area contributed by atoms with Gasteiger partial charge < -0.3 is 29.0 Å². The second kappa shape index (κ2) is 8.42. The van der Waals surface area contributed by atoms with Gasteiger partial charge in [0.05, 0.1) is 54.6 Å². The maximum atomic E-state index is 12.9. The molecule has 0 radical (unpaired) electrons. The first-order valence-electron chi connectivity index (χ1n) is 11.6. The number of aromatic nitrogens is 2. The van der Waals surface area contributed by atoms with Gasteiger partial charge in [0.2, 0.25) is 0 Å². The average Bonchev–Trinajstić information content (AvgIpc) is 3.56. The Morgan fingerprint density at radius 1 is 1.09 bits per heavy atom. The molecule has 2 fully saturated rings. The van der Waals surface area contributed by atoms with Crippen LogP contribution in [0.5, 0.6) is 5.75 Å². The second-order valence-electron chi connectivity index (χ2n) is 9.20. The lowest BCUT2D eigenvalue weighted by atomic mass is 10.1. The minimum atomic E-state index is -0.685. The molecule has 182 valence electrons. The Balaban J connectivity index is 1.30. The zero-order chi connectivity index (χ0) is 24.3. The number of ether oxygens (including phenoxy) is 3. The van der Waals surface area contributed by atoms with E-state index in [0.717, 1.165) is 0 Å². The third-order valence-electron chi connectivity index (χ3n) is 6.69. The zero-order valence-corrected chi connectivity index (χ0v) is 19.0. The van der Waals surface area contributed by atoms with Gasteiger partial charge in [-0.2, -0.15) is 0 Å². The van der Waals surface area contributed by atoms with Crippen LogP contribution in [0.1, 0.15) is 33.5 Å². The maximum Gasteiger partial charge on any atom is 0.261 e. The van der Waals surface area contributed by atoms with E-state index >= 15 is 0 Å². The van der Waals surface area contributed by atoms with Crippen LogP contribution in [0.3, 0.4) is 0 Å². The van der Waals surface area contributed by atoms with Crippen molar-refractivity contribution in [1.82, 2.24) is 14.5 Å². The normalized spacial score (nSPS) is 26.4. The van der Waals surface area contributed by atoms with Crippen molar-refractivity contribution >= 4 is 22.8 Å². The first-order valence-corrected chi connectivity index (χ1v) is 11.6. The van der Waals surface area contributed by atoms with Gasteiger partial charge in [-0.1, -0.05) is 12.1 Å². The number of carbonyl (C=O) groups is 2. The summed E-state index contributed by atoms with van der Waals surface area (Å²) in [6.45, 7) is 2.40. The summed E-state index contributed by atoms with van der Waals surface area (Å²) >= 11 is 0. The van der Waals surface area contributed by atoms with Gasteiger partial charge in [-0.15, -0.1) is 0 Å². The number of imidazole rings is 1. The van der Waals surface area contributed by atoms with Crippen molar-refractivity contribution in [1.29, 1.82) is 0 Å². The topological polar surface area (TPSA) is 123 Å². The van der Waals surface area contributed by atoms with E-state index < -0.39 is 18.3 Å². The largest absolute Gasteiger partial charge is 0.485 e. The number of aliphatic hydroxyl groups is 2. The number of fused-ring (bicyclic) bond motifs is 3. The number of benzene rings is 2. The molecule has 6 rings (SSSR count). The molecule has 35 heavy (non-hydrogen) atoms. The number of carbonyl (C=O) groups excluding carboxylic acids is 2. The molecule has 0 saturated carbocycles. The van der Waals surface area contributed by atoms with Crippen molar-refractivity contribution in [2.24, 2.45) is 0 Å². The summed E-state index contributed by atoms with van der Waals surface area (Å²) in [5.41, 5.74) is 2.11. The van der Waals surface area contributed by atoms with Gasteiger partial charge >= 0.3 is 0 Å². The average molecular weight is 479 g/mol. The molecule has 3 aromatic rings. The first kappa shape index (κ1) is 22.2. The molecule has 5 unspecified atom stereocenters. The summed E-state index contributed by atoms with van der Waals surface area (Å²) in [5, 5.41) is 20.1. The molecule has 10 nitrogen and oxygen atoms in total. The molecule has 2 amide bonds. The Labute approximate surface area is 200 Å². The van der Waals surface area contributed by atoms with Gasteiger partial charge in [0.15, 0.2) is 6.10 Å². The number of rotatable bonds is 6. The number of hydrogen-bond acceptors (Lipinski definition) is 8. The maximum absolute atomic E-state index is 12.9. The molecule has 10 heteroatoms. The van der Waals surface area contributed by atoms with Crippen LogP contribution in [0.25, 0.3) is 11.0 Å². The minimum absolute atomic E-state index is 0.0180. The van der Waals surface area contributed by atoms with Crippen molar-refractivity contribution in [3.63, 3.8) is 0 Å². The summed E-state index contributed by atoms with van der Waals surface area (Å²) in [6.07, 6.45) is -2.44. The Morgan fingerprint density at radius 3 is 2.51 bits per heavy atom.